The predicted octanol–water partition coefficient (Wildman–Crippen LogP) is 1.49. The summed E-state index contributed by atoms with van der Waals surface area (Å²) in [6.45, 7) is 2.50. The fourth-order valence-electron chi connectivity index (χ4n) is 2.26. The zero-order valence-corrected chi connectivity index (χ0v) is 15.4. The van der Waals surface area contributed by atoms with Gasteiger partial charge in [0, 0.05) is 24.0 Å². The van der Waals surface area contributed by atoms with E-state index in [1.165, 1.54) is 0 Å². The van der Waals surface area contributed by atoms with Crippen LogP contribution in [0.25, 0.3) is 0 Å². The number of sulfonamides is 1. The van der Waals surface area contributed by atoms with E-state index in [1.807, 2.05) is 23.3 Å². The van der Waals surface area contributed by atoms with Gasteiger partial charge in [0.25, 0.3) is 0 Å². The summed E-state index contributed by atoms with van der Waals surface area (Å²) in [7, 11) is -2.16. The molecule has 0 aliphatic rings. The molecule has 26 heavy (non-hydrogen) atoms. The number of rotatable bonds is 7. The highest BCUT2D eigenvalue weighted by molar-refractivity contribution is 7.89. The Morgan fingerprint density at radius 2 is 1.81 bits per heavy atom. The number of ether oxygens (including phenoxy) is 1. The van der Waals surface area contributed by atoms with Gasteiger partial charge in [-0.15, -0.1) is 0 Å². The standard InChI is InChI=1S/C17H19FN2O5S/c1-11-8-15(12(2)20(11)3)16(21)10-25-17(22)9-19-26(23,24)14-6-4-13(18)5-7-14/h4-8,19H,9-10H2,1-3H3. The lowest BCUT2D eigenvalue weighted by atomic mass is 10.1. The minimum atomic E-state index is -3.98. The first-order chi connectivity index (χ1) is 12.1. The van der Waals surface area contributed by atoms with Gasteiger partial charge in [-0.05, 0) is 44.2 Å². The molecule has 0 aliphatic heterocycles. The van der Waals surface area contributed by atoms with Crippen molar-refractivity contribution in [2.45, 2.75) is 18.7 Å². The molecule has 2 rings (SSSR count). The average molecular weight is 382 g/mol. The zero-order valence-electron chi connectivity index (χ0n) is 14.6. The Balaban J connectivity index is 1.89. The molecule has 140 valence electrons. The molecule has 1 heterocycles. The molecule has 0 unspecified atom stereocenters. The number of carbonyl (C=O) groups is 2. The molecule has 2 aromatic rings. The summed E-state index contributed by atoms with van der Waals surface area (Å²) < 4.78 is 45.5. The molecule has 0 atom stereocenters. The number of carbonyl (C=O) groups excluding carboxylic acids is 2. The molecule has 0 bridgehead atoms. The van der Waals surface area contributed by atoms with Gasteiger partial charge >= 0.3 is 5.97 Å². The second kappa shape index (κ2) is 7.79. The molecule has 1 aromatic heterocycles. The maximum absolute atomic E-state index is 12.8. The second-order valence-electron chi connectivity index (χ2n) is 5.71. The van der Waals surface area contributed by atoms with Crippen LogP contribution in [0, 0.1) is 19.7 Å². The highest BCUT2D eigenvalue weighted by atomic mass is 32.2. The van der Waals surface area contributed by atoms with Crippen LogP contribution in [0.2, 0.25) is 0 Å². The van der Waals surface area contributed by atoms with Gasteiger partial charge in [0.2, 0.25) is 15.8 Å². The number of nitrogens with one attached hydrogen (secondary N) is 1. The largest absolute Gasteiger partial charge is 0.456 e. The molecule has 0 saturated carbocycles. The molecule has 0 fully saturated rings. The SMILES string of the molecule is Cc1cc(C(=O)COC(=O)CNS(=O)(=O)c2ccc(F)cc2)c(C)n1C. The summed E-state index contributed by atoms with van der Waals surface area (Å²) in [5.74, 6) is -1.84. The van der Waals surface area contributed by atoms with Crippen molar-refractivity contribution in [2.75, 3.05) is 13.2 Å². The van der Waals surface area contributed by atoms with Crippen LogP contribution < -0.4 is 4.72 Å². The number of halogens is 1. The molecule has 0 spiro atoms. The van der Waals surface area contributed by atoms with E-state index >= 15 is 0 Å². The molecule has 0 saturated heterocycles. The average Bonchev–Trinajstić information content (AvgIpc) is 2.86. The van der Waals surface area contributed by atoms with E-state index in [0.29, 0.717) is 5.56 Å². The number of ketones is 1. The topological polar surface area (TPSA) is 94.5 Å². The van der Waals surface area contributed by atoms with Crippen LogP contribution in [0.4, 0.5) is 4.39 Å². The Morgan fingerprint density at radius 3 is 2.35 bits per heavy atom. The summed E-state index contributed by atoms with van der Waals surface area (Å²) in [5, 5.41) is 0. The first kappa shape index (κ1) is 19.8. The van der Waals surface area contributed by atoms with Crippen LogP contribution >= 0.6 is 0 Å². The van der Waals surface area contributed by atoms with E-state index in [-0.39, 0.29) is 10.7 Å². The number of aromatic nitrogens is 1. The van der Waals surface area contributed by atoms with Crippen LogP contribution in [0.3, 0.4) is 0 Å². The molecule has 0 aliphatic carbocycles. The van der Waals surface area contributed by atoms with Crippen LogP contribution in [0.15, 0.2) is 35.2 Å². The van der Waals surface area contributed by atoms with E-state index < -0.39 is 35.0 Å². The molecule has 1 aromatic carbocycles. The van der Waals surface area contributed by atoms with Gasteiger partial charge in [-0.1, -0.05) is 0 Å². The predicted molar refractivity (Wildman–Crippen MR) is 91.8 cm³/mol. The maximum Gasteiger partial charge on any atom is 0.321 e. The highest BCUT2D eigenvalue weighted by Gasteiger charge is 2.18. The van der Waals surface area contributed by atoms with Crippen molar-refractivity contribution in [2.24, 2.45) is 7.05 Å². The second-order valence-corrected chi connectivity index (χ2v) is 7.47. The van der Waals surface area contributed by atoms with E-state index in [9.17, 15) is 22.4 Å². The quantitative estimate of drug-likeness (QED) is 0.578. The van der Waals surface area contributed by atoms with Crippen molar-refractivity contribution in [3.05, 3.63) is 53.1 Å². The van der Waals surface area contributed by atoms with Crippen molar-refractivity contribution >= 4 is 21.8 Å². The monoisotopic (exact) mass is 382 g/mol. The van der Waals surface area contributed by atoms with Gasteiger partial charge < -0.3 is 9.30 Å². The van der Waals surface area contributed by atoms with Crippen LogP contribution in [-0.2, 0) is 26.6 Å². The lowest BCUT2D eigenvalue weighted by molar-refractivity contribution is -0.141. The van der Waals surface area contributed by atoms with Crippen LogP contribution in [0.1, 0.15) is 21.7 Å². The van der Waals surface area contributed by atoms with Crippen LogP contribution in [0.5, 0.6) is 0 Å². The number of nitrogens with zero attached hydrogens (tertiary/aromatic N) is 1. The first-order valence-corrected chi connectivity index (χ1v) is 9.17. The molecule has 9 heteroatoms. The van der Waals surface area contributed by atoms with Crippen molar-refractivity contribution in [3.63, 3.8) is 0 Å². The Hall–Kier alpha value is -2.52. The van der Waals surface area contributed by atoms with E-state index in [1.54, 1.807) is 13.0 Å². The summed E-state index contributed by atoms with van der Waals surface area (Å²) in [4.78, 5) is 23.6. The third kappa shape index (κ3) is 4.55. The van der Waals surface area contributed by atoms with Gasteiger partial charge in [0.05, 0.1) is 4.90 Å². The molecule has 0 amide bonds. The molecular formula is C17H19FN2O5S. The Labute approximate surface area is 150 Å². The minimum Gasteiger partial charge on any atom is -0.456 e. The van der Waals surface area contributed by atoms with E-state index in [0.717, 1.165) is 35.7 Å². The third-order valence-corrected chi connectivity index (χ3v) is 5.39. The normalized spacial score (nSPS) is 11.4. The van der Waals surface area contributed by atoms with Crippen molar-refractivity contribution in [3.8, 4) is 0 Å². The van der Waals surface area contributed by atoms with Gasteiger partial charge in [-0.2, -0.15) is 4.72 Å². The third-order valence-electron chi connectivity index (χ3n) is 3.97. The number of benzene rings is 1. The Bertz CT molecular complexity index is 933. The van der Waals surface area contributed by atoms with Crippen molar-refractivity contribution in [1.82, 2.24) is 9.29 Å². The van der Waals surface area contributed by atoms with Crippen molar-refractivity contribution in [1.29, 1.82) is 0 Å². The lowest BCUT2D eigenvalue weighted by Crippen LogP contribution is -2.31. The molecule has 7 nitrogen and oxygen atoms in total. The number of aryl methyl sites for hydroxylation is 1. The van der Waals surface area contributed by atoms with Gasteiger partial charge in [0.15, 0.2) is 6.61 Å². The molecule has 0 radical (unpaired) electrons. The molecule has 1 N–H and O–H groups in total. The zero-order chi connectivity index (χ0) is 19.5. The Kier molecular flexibility index (Phi) is 5.94. The fraction of sp³-hybridized carbons (Fsp3) is 0.294. The van der Waals surface area contributed by atoms with Crippen molar-refractivity contribution < 1.29 is 27.1 Å². The summed E-state index contributed by atoms with van der Waals surface area (Å²) in [6.07, 6.45) is 0. The smallest absolute Gasteiger partial charge is 0.321 e. The number of Topliss-reactive ketones (excluding diaryl/α,β-unsaturated/α-hetero) is 1. The summed E-state index contributed by atoms with van der Waals surface area (Å²) in [6, 6.07) is 5.84. The molecular weight excluding hydrogens is 363 g/mol. The Morgan fingerprint density at radius 1 is 1.19 bits per heavy atom. The number of esters is 1. The fourth-order valence-corrected chi connectivity index (χ4v) is 3.23. The van der Waals surface area contributed by atoms with Gasteiger partial charge in [0.1, 0.15) is 12.4 Å². The minimum absolute atomic E-state index is 0.182. The van der Waals surface area contributed by atoms with E-state index in [2.05, 4.69) is 0 Å². The number of hydrogen-bond donors (Lipinski definition) is 1. The number of hydrogen-bond acceptors (Lipinski definition) is 5. The summed E-state index contributed by atoms with van der Waals surface area (Å²) in [5.41, 5.74) is 2.09. The highest BCUT2D eigenvalue weighted by Crippen LogP contribution is 2.14. The first-order valence-electron chi connectivity index (χ1n) is 7.69. The maximum atomic E-state index is 12.8. The lowest BCUT2D eigenvalue weighted by Gasteiger charge is -2.07. The van der Waals surface area contributed by atoms with E-state index in [4.69, 9.17) is 4.74 Å². The van der Waals surface area contributed by atoms with Crippen LogP contribution in [-0.4, -0.2) is 37.9 Å². The summed E-state index contributed by atoms with van der Waals surface area (Å²) >= 11 is 0. The van der Waals surface area contributed by atoms with Gasteiger partial charge in [-0.3, -0.25) is 9.59 Å². The van der Waals surface area contributed by atoms with Gasteiger partial charge in [-0.25, -0.2) is 12.8 Å².